The molecule has 0 aromatic carbocycles. The lowest BCUT2D eigenvalue weighted by Crippen LogP contribution is -2.28. The van der Waals surface area contributed by atoms with Crippen LogP contribution in [-0.4, -0.2) is 21.0 Å². The molecule has 1 fully saturated rings. The molecule has 15 heavy (non-hydrogen) atoms. The van der Waals surface area contributed by atoms with E-state index in [0.717, 1.165) is 30.3 Å². The fraction of sp³-hybridized carbons (Fsp3) is 0.700. The molecule has 1 aromatic rings. The fourth-order valence-electron chi connectivity index (χ4n) is 2.15. The fourth-order valence-corrected chi connectivity index (χ4v) is 2.46. The summed E-state index contributed by atoms with van der Waals surface area (Å²) in [5.74, 6) is 0.838. The van der Waals surface area contributed by atoms with Crippen LogP contribution in [0, 0.1) is 5.92 Å². The van der Waals surface area contributed by atoms with Crippen LogP contribution in [0.25, 0.3) is 0 Å². The molecule has 2 rings (SSSR count). The molecule has 1 aromatic heterocycles. The Morgan fingerprint density at radius 3 is 2.87 bits per heavy atom. The third-order valence-electron chi connectivity index (χ3n) is 3.03. The van der Waals surface area contributed by atoms with E-state index in [2.05, 4.69) is 21.0 Å². The molecule has 0 amide bonds. The molecule has 5 heteroatoms. The minimum absolute atomic E-state index is 0.178. The Balaban J connectivity index is 2.01. The van der Waals surface area contributed by atoms with Crippen LogP contribution in [-0.2, 0) is 6.54 Å². The van der Waals surface area contributed by atoms with Crippen LogP contribution in [0.15, 0.2) is 10.7 Å². The largest absolute Gasteiger partial charge is 0.393 e. The van der Waals surface area contributed by atoms with Gasteiger partial charge in [0.1, 0.15) is 0 Å². The second-order valence-corrected chi connectivity index (χ2v) is 5.05. The van der Waals surface area contributed by atoms with Gasteiger partial charge in [0.2, 0.25) is 0 Å². The normalized spacial score (nSPS) is 26.8. The molecule has 0 bridgehead atoms. The SMILES string of the molecule is Nc1nn(CC2CCCCC2O)cc1Br. The summed E-state index contributed by atoms with van der Waals surface area (Å²) in [4.78, 5) is 0. The number of rotatable bonds is 2. The third kappa shape index (κ3) is 2.52. The van der Waals surface area contributed by atoms with Gasteiger partial charge in [0.25, 0.3) is 0 Å². The van der Waals surface area contributed by atoms with E-state index in [4.69, 9.17) is 5.73 Å². The molecule has 1 heterocycles. The average molecular weight is 274 g/mol. The first-order valence-electron chi connectivity index (χ1n) is 5.33. The summed E-state index contributed by atoms with van der Waals surface area (Å²) in [5, 5.41) is 14.0. The number of hydrogen-bond acceptors (Lipinski definition) is 3. The lowest BCUT2D eigenvalue weighted by molar-refractivity contribution is 0.0587. The number of aromatic nitrogens is 2. The van der Waals surface area contributed by atoms with Crippen molar-refractivity contribution in [1.29, 1.82) is 0 Å². The Bertz CT molecular complexity index is 320. The van der Waals surface area contributed by atoms with Crippen molar-refractivity contribution in [2.45, 2.75) is 38.3 Å². The monoisotopic (exact) mass is 273 g/mol. The molecule has 1 saturated carbocycles. The minimum Gasteiger partial charge on any atom is -0.393 e. The molecule has 0 saturated heterocycles. The molecule has 3 N–H and O–H groups in total. The van der Waals surface area contributed by atoms with Crippen molar-refractivity contribution in [3.8, 4) is 0 Å². The molecule has 0 spiro atoms. The van der Waals surface area contributed by atoms with E-state index in [1.807, 2.05) is 10.9 Å². The van der Waals surface area contributed by atoms with E-state index >= 15 is 0 Å². The van der Waals surface area contributed by atoms with Crippen LogP contribution in [0.4, 0.5) is 5.82 Å². The van der Waals surface area contributed by atoms with E-state index in [1.54, 1.807) is 0 Å². The molecule has 84 valence electrons. The lowest BCUT2D eigenvalue weighted by Gasteiger charge is -2.27. The van der Waals surface area contributed by atoms with E-state index in [9.17, 15) is 5.11 Å². The van der Waals surface area contributed by atoms with Gasteiger partial charge in [0.15, 0.2) is 5.82 Å². The number of nitrogen functional groups attached to an aromatic ring is 1. The van der Waals surface area contributed by atoms with Crippen LogP contribution in [0.2, 0.25) is 0 Å². The predicted octanol–water partition coefficient (Wildman–Crippen LogP) is 1.78. The molecule has 1 aliphatic carbocycles. The highest BCUT2D eigenvalue weighted by Crippen LogP contribution is 2.26. The maximum Gasteiger partial charge on any atom is 0.159 e. The summed E-state index contributed by atoms with van der Waals surface area (Å²) in [6.45, 7) is 0.761. The van der Waals surface area contributed by atoms with E-state index in [0.29, 0.717) is 11.7 Å². The first-order chi connectivity index (χ1) is 7.16. The quantitative estimate of drug-likeness (QED) is 0.864. The average Bonchev–Trinajstić information content (AvgIpc) is 2.50. The molecular weight excluding hydrogens is 258 g/mol. The van der Waals surface area contributed by atoms with Crippen molar-refractivity contribution >= 4 is 21.7 Å². The minimum atomic E-state index is -0.178. The van der Waals surface area contributed by atoms with Crippen molar-refractivity contribution in [2.75, 3.05) is 5.73 Å². The van der Waals surface area contributed by atoms with Gasteiger partial charge in [-0.25, -0.2) is 0 Å². The zero-order valence-electron chi connectivity index (χ0n) is 8.56. The summed E-state index contributed by atoms with van der Waals surface area (Å²) in [6, 6.07) is 0. The highest BCUT2D eigenvalue weighted by molar-refractivity contribution is 9.10. The Labute approximate surface area is 97.6 Å². The van der Waals surface area contributed by atoms with Crippen LogP contribution < -0.4 is 5.73 Å². The molecular formula is C10H16BrN3O. The van der Waals surface area contributed by atoms with Gasteiger partial charge in [-0.1, -0.05) is 12.8 Å². The number of nitrogens with zero attached hydrogens (tertiary/aromatic N) is 2. The number of nitrogens with two attached hydrogens (primary N) is 1. The standard InChI is InChI=1S/C10H16BrN3O/c11-8-6-14(13-10(8)12)5-7-3-1-2-4-9(7)15/h6-7,9,15H,1-5H2,(H2,12,13). The van der Waals surface area contributed by atoms with Gasteiger partial charge in [-0.15, -0.1) is 0 Å². The van der Waals surface area contributed by atoms with Gasteiger partial charge in [-0.2, -0.15) is 5.10 Å². The van der Waals surface area contributed by atoms with Crippen molar-refractivity contribution in [2.24, 2.45) is 5.92 Å². The van der Waals surface area contributed by atoms with Crippen molar-refractivity contribution in [3.05, 3.63) is 10.7 Å². The molecule has 4 nitrogen and oxygen atoms in total. The number of hydrogen-bond donors (Lipinski definition) is 2. The van der Waals surface area contributed by atoms with E-state index in [1.165, 1.54) is 6.42 Å². The number of halogens is 1. The summed E-state index contributed by atoms with van der Waals surface area (Å²) in [5.41, 5.74) is 5.64. The van der Waals surface area contributed by atoms with Crippen LogP contribution in [0.3, 0.4) is 0 Å². The van der Waals surface area contributed by atoms with Crippen molar-refractivity contribution < 1.29 is 5.11 Å². The summed E-state index contributed by atoms with van der Waals surface area (Å²) in [7, 11) is 0. The molecule has 2 unspecified atom stereocenters. The maximum absolute atomic E-state index is 9.82. The summed E-state index contributed by atoms with van der Waals surface area (Å²) < 4.78 is 2.64. The molecule has 2 atom stereocenters. The zero-order valence-corrected chi connectivity index (χ0v) is 10.2. The molecule has 1 aliphatic rings. The Kier molecular flexibility index (Phi) is 3.31. The molecule has 0 radical (unpaired) electrons. The van der Waals surface area contributed by atoms with Crippen LogP contribution >= 0.6 is 15.9 Å². The Hall–Kier alpha value is -0.550. The number of aliphatic hydroxyl groups is 1. The maximum atomic E-state index is 9.82. The van der Waals surface area contributed by atoms with Gasteiger partial charge in [0, 0.05) is 18.7 Å². The van der Waals surface area contributed by atoms with Gasteiger partial charge >= 0.3 is 0 Å². The topological polar surface area (TPSA) is 64.1 Å². The zero-order chi connectivity index (χ0) is 10.8. The van der Waals surface area contributed by atoms with E-state index < -0.39 is 0 Å². The highest BCUT2D eigenvalue weighted by atomic mass is 79.9. The van der Waals surface area contributed by atoms with Crippen LogP contribution in [0.1, 0.15) is 25.7 Å². The smallest absolute Gasteiger partial charge is 0.159 e. The van der Waals surface area contributed by atoms with Gasteiger partial charge in [-0.3, -0.25) is 4.68 Å². The first-order valence-corrected chi connectivity index (χ1v) is 6.12. The van der Waals surface area contributed by atoms with Gasteiger partial charge in [-0.05, 0) is 28.8 Å². The molecule has 0 aliphatic heterocycles. The van der Waals surface area contributed by atoms with E-state index in [-0.39, 0.29) is 6.10 Å². The lowest BCUT2D eigenvalue weighted by atomic mass is 9.86. The first kappa shape index (κ1) is 11.0. The van der Waals surface area contributed by atoms with Gasteiger partial charge in [0.05, 0.1) is 10.6 Å². The number of anilines is 1. The third-order valence-corrected chi connectivity index (χ3v) is 3.64. The van der Waals surface area contributed by atoms with Crippen LogP contribution in [0.5, 0.6) is 0 Å². The van der Waals surface area contributed by atoms with Crippen molar-refractivity contribution in [3.63, 3.8) is 0 Å². The van der Waals surface area contributed by atoms with Crippen molar-refractivity contribution in [1.82, 2.24) is 9.78 Å². The van der Waals surface area contributed by atoms with Gasteiger partial charge < -0.3 is 10.8 Å². The predicted molar refractivity (Wildman–Crippen MR) is 62.3 cm³/mol. The second-order valence-electron chi connectivity index (χ2n) is 4.20. The second kappa shape index (κ2) is 4.53. The summed E-state index contributed by atoms with van der Waals surface area (Å²) >= 11 is 3.33. The highest BCUT2D eigenvalue weighted by Gasteiger charge is 2.23. The summed E-state index contributed by atoms with van der Waals surface area (Å²) in [6.07, 6.45) is 6.04. The number of aliphatic hydroxyl groups excluding tert-OH is 1. The Morgan fingerprint density at radius 1 is 1.53 bits per heavy atom. The Morgan fingerprint density at radius 2 is 2.27 bits per heavy atom.